The van der Waals surface area contributed by atoms with Gasteiger partial charge >= 0.3 is 0 Å². The lowest BCUT2D eigenvalue weighted by Gasteiger charge is -2.33. The molecular formula is C17H23N3O2S. The normalized spacial score (nSPS) is 19.0. The van der Waals surface area contributed by atoms with Crippen LogP contribution in [0.5, 0.6) is 0 Å². The van der Waals surface area contributed by atoms with Crippen LogP contribution in [0.2, 0.25) is 0 Å². The molecule has 5 nitrogen and oxygen atoms in total. The van der Waals surface area contributed by atoms with Crippen LogP contribution in [0.1, 0.15) is 31.9 Å². The predicted molar refractivity (Wildman–Crippen MR) is 89.4 cm³/mol. The minimum Gasteiger partial charge on any atom is -0.336 e. The van der Waals surface area contributed by atoms with Crippen molar-refractivity contribution in [3.8, 4) is 0 Å². The van der Waals surface area contributed by atoms with Gasteiger partial charge in [-0.15, -0.1) is 0 Å². The molecule has 0 bridgehead atoms. The van der Waals surface area contributed by atoms with Gasteiger partial charge in [0, 0.05) is 25.3 Å². The molecule has 1 aromatic heterocycles. The summed E-state index contributed by atoms with van der Waals surface area (Å²) in [6.07, 6.45) is 3.99. The molecule has 0 saturated heterocycles. The van der Waals surface area contributed by atoms with Crippen LogP contribution < -0.4 is 0 Å². The second kappa shape index (κ2) is 6.09. The summed E-state index contributed by atoms with van der Waals surface area (Å²) in [5.74, 6) is 0.445. The smallest absolute Gasteiger partial charge is 0.262 e. The molecule has 23 heavy (non-hydrogen) atoms. The second-order valence-corrected chi connectivity index (χ2v) is 8.51. The molecule has 0 N–H and O–H groups in total. The molecule has 0 aliphatic carbocycles. The van der Waals surface area contributed by atoms with Crippen molar-refractivity contribution in [2.24, 2.45) is 5.92 Å². The third-order valence-electron chi connectivity index (χ3n) is 4.21. The zero-order valence-electron chi connectivity index (χ0n) is 13.8. The average Bonchev–Trinajstić information content (AvgIpc) is 2.94. The van der Waals surface area contributed by atoms with Gasteiger partial charge in [-0.2, -0.15) is 4.31 Å². The van der Waals surface area contributed by atoms with Gasteiger partial charge in [0.1, 0.15) is 0 Å². The number of benzene rings is 1. The van der Waals surface area contributed by atoms with Gasteiger partial charge in [0.15, 0.2) is 5.03 Å². The number of aromatic nitrogens is 2. The van der Waals surface area contributed by atoms with Crippen molar-refractivity contribution in [3.63, 3.8) is 0 Å². The number of hydrogen-bond donors (Lipinski definition) is 0. The fourth-order valence-corrected chi connectivity index (χ4v) is 4.64. The summed E-state index contributed by atoms with van der Waals surface area (Å²) in [5, 5.41) is 0.143. The van der Waals surface area contributed by atoms with E-state index in [2.05, 4.69) is 24.9 Å². The first kappa shape index (κ1) is 16.2. The average molecular weight is 333 g/mol. The zero-order chi connectivity index (χ0) is 16.6. The lowest BCUT2D eigenvalue weighted by molar-refractivity contribution is 0.308. The van der Waals surface area contributed by atoms with E-state index in [4.69, 9.17) is 0 Å². The first-order valence-corrected chi connectivity index (χ1v) is 9.42. The van der Waals surface area contributed by atoms with E-state index < -0.39 is 10.0 Å². The molecule has 1 aliphatic heterocycles. The fourth-order valence-electron chi connectivity index (χ4n) is 3.09. The molecule has 1 aromatic carbocycles. The highest BCUT2D eigenvalue weighted by atomic mass is 32.2. The maximum absolute atomic E-state index is 13.0. The molecule has 0 radical (unpaired) electrons. The van der Waals surface area contributed by atoms with Crippen LogP contribution in [0.15, 0.2) is 41.8 Å². The second-order valence-electron chi connectivity index (χ2n) is 6.67. The highest BCUT2D eigenvalue weighted by molar-refractivity contribution is 7.89. The standard InChI is InChI=1S/C17H23N3O2S/c1-13(2)9-19-11-17(18-12-19)23(21,22)20-10-16-7-5-4-6-15(16)8-14(20)3/h4-7,11-14H,8-10H2,1-3H3. The Kier molecular flexibility index (Phi) is 4.29. The Morgan fingerprint density at radius 3 is 2.65 bits per heavy atom. The third kappa shape index (κ3) is 3.19. The summed E-state index contributed by atoms with van der Waals surface area (Å²) in [6, 6.07) is 7.97. The third-order valence-corrected chi connectivity index (χ3v) is 6.06. The Balaban J connectivity index is 1.89. The number of sulfonamides is 1. The summed E-state index contributed by atoms with van der Waals surface area (Å²) in [6.45, 7) is 7.33. The van der Waals surface area contributed by atoms with Gasteiger partial charge < -0.3 is 4.57 Å². The van der Waals surface area contributed by atoms with E-state index in [1.165, 1.54) is 5.56 Å². The predicted octanol–water partition coefficient (Wildman–Crippen LogP) is 2.67. The van der Waals surface area contributed by atoms with Crippen LogP contribution in [-0.2, 0) is 29.5 Å². The first-order chi connectivity index (χ1) is 10.9. The van der Waals surface area contributed by atoms with E-state index in [0.29, 0.717) is 12.5 Å². The molecule has 124 valence electrons. The van der Waals surface area contributed by atoms with Crippen molar-refractivity contribution < 1.29 is 8.42 Å². The number of hydrogen-bond acceptors (Lipinski definition) is 3. The monoisotopic (exact) mass is 333 g/mol. The van der Waals surface area contributed by atoms with E-state index in [0.717, 1.165) is 18.5 Å². The minimum absolute atomic E-state index is 0.0647. The maximum atomic E-state index is 13.0. The first-order valence-electron chi connectivity index (χ1n) is 7.98. The van der Waals surface area contributed by atoms with Gasteiger partial charge in [0.2, 0.25) is 0 Å². The van der Waals surface area contributed by atoms with Crippen LogP contribution in [0.4, 0.5) is 0 Å². The van der Waals surface area contributed by atoms with E-state index in [-0.39, 0.29) is 11.1 Å². The summed E-state index contributed by atoms with van der Waals surface area (Å²) in [7, 11) is -3.57. The minimum atomic E-state index is -3.57. The van der Waals surface area contributed by atoms with Crippen molar-refractivity contribution in [2.45, 2.75) is 51.3 Å². The molecule has 1 unspecified atom stereocenters. The Labute approximate surface area is 138 Å². The van der Waals surface area contributed by atoms with Crippen molar-refractivity contribution in [3.05, 3.63) is 47.9 Å². The molecule has 2 aromatic rings. The number of rotatable bonds is 4. The Hall–Kier alpha value is -1.66. The number of fused-ring (bicyclic) bond motifs is 1. The van der Waals surface area contributed by atoms with E-state index in [9.17, 15) is 8.42 Å². The van der Waals surface area contributed by atoms with Gasteiger partial charge in [-0.3, -0.25) is 0 Å². The Morgan fingerprint density at radius 1 is 1.26 bits per heavy atom. The summed E-state index contributed by atoms with van der Waals surface area (Å²) >= 11 is 0. The molecule has 3 rings (SSSR count). The SMILES string of the molecule is CC(C)Cn1cnc(S(=O)(=O)N2Cc3ccccc3CC2C)c1. The molecule has 0 fully saturated rings. The van der Waals surface area contributed by atoms with E-state index in [1.807, 2.05) is 29.7 Å². The van der Waals surface area contributed by atoms with Crippen LogP contribution in [-0.4, -0.2) is 28.3 Å². The van der Waals surface area contributed by atoms with Crippen LogP contribution >= 0.6 is 0 Å². The molecular weight excluding hydrogens is 310 g/mol. The van der Waals surface area contributed by atoms with Gasteiger partial charge in [-0.1, -0.05) is 38.1 Å². The van der Waals surface area contributed by atoms with Gasteiger partial charge in [-0.25, -0.2) is 13.4 Å². The zero-order valence-corrected chi connectivity index (χ0v) is 14.6. The van der Waals surface area contributed by atoms with Gasteiger partial charge in [0.05, 0.1) is 6.33 Å². The van der Waals surface area contributed by atoms with Crippen molar-refractivity contribution in [1.82, 2.24) is 13.9 Å². The Bertz CT molecular complexity index is 796. The summed E-state index contributed by atoms with van der Waals surface area (Å²) < 4.78 is 29.3. The quantitative estimate of drug-likeness (QED) is 0.864. The van der Waals surface area contributed by atoms with Crippen LogP contribution in [0.3, 0.4) is 0 Å². The van der Waals surface area contributed by atoms with Crippen molar-refractivity contribution >= 4 is 10.0 Å². The molecule has 1 aliphatic rings. The maximum Gasteiger partial charge on any atom is 0.262 e. The van der Waals surface area contributed by atoms with Gasteiger partial charge in [0.25, 0.3) is 10.0 Å². The lowest BCUT2D eigenvalue weighted by atomic mass is 9.97. The summed E-state index contributed by atoms with van der Waals surface area (Å²) in [5.41, 5.74) is 2.31. The highest BCUT2D eigenvalue weighted by Gasteiger charge is 2.34. The highest BCUT2D eigenvalue weighted by Crippen LogP contribution is 2.28. The molecule has 0 saturated carbocycles. The topological polar surface area (TPSA) is 55.2 Å². The largest absolute Gasteiger partial charge is 0.336 e. The lowest BCUT2D eigenvalue weighted by Crippen LogP contribution is -2.42. The molecule has 1 atom stereocenters. The van der Waals surface area contributed by atoms with E-state index in [1.54, 1.807) is 16.8 Å². The van der Waals surface area contributed by atoms with Crippen LogP contribution in [0.25, 0.3) is 0 Å². The van der Waals surface area contributed by atoms with Crippen molar-refractivity contribution in [1.29, 1.82) is 0 Å². The van der Waals surface area contributed by atoms with Crippen molar-refractivity contribution in [2.75, 3.05) is 0 Å². The molecule has 2 heterocycles. The molecule has 6 heteroatoms. The number of nitrogens with zero attached hydrogens (tertiary/aromatic N) is 3. The molecule has 0 spiro atoms. The van der Waals surface area contributed by atoms with Crippen LogP contribution in [0, 0.1) is 5.92 Å². The van der Waals surface area contributed by atoms with Gasteiger partial charge in [-0.05, 0) is 30.4 Å². The fraction of sp³-hybridized carbons (Fsp3) is 0.471. The Morgan fingerprint density at radius 2 is 1.96 bits per heavy atom. The van der Waals surface area contributed by atoms with E-state index >= 15 is 0 Å². The summed E-state index contributed by atoms with van der Waals surface area (Å²) in [4.78, 5) is 4.14. The number of imidazole rings is 1. The molecule has 0 amide bonds.